The van der Waals surface area contributed by atoms with E-state index in [1.807, 2.05) is 0 Å². The van der Waals surface area contributed by atoms with Crippen molar-refractivity contribution in [1.82, 2.24) is 15.1 Å². The topological polar surface area (TPSA) is 89.9 Å². The lowest BCUT2D eigenvalue weighted by Gasteiger charge is -2.20. The Balaban J connectivity index is 1.52. The van der Waals surface area contributed by atoms with Gasteiger partial charge in [-0.15, -0.1) is 0 Å². The summed E-state index contributed by atoms with van der Waals surface area (Å²) in [4.78, 5) is 38.7. The van der Waals surface area contributed by atoms with Crippen molar-refractivity contribution >= 4 is 17.9 Å². The molecule has 0 saturated carbocycles. The lowest BCUT2D eigenvalue weighted by Crippen LogP contribution is -2.47. The van der Waals surface area contributed by atoms with Crippen LogP contribution in [0.3, 0.4) is 0 Å². The minimum Gasteiger partial charge on any atom is -0.481 e. The fourth-order valence-electron chi connectivity index (χ4n) is 3.23. The highest BCUT2D eigenvalue weighted by atomic mass is 19.1. The second-order valence-electron chi connectivity index (χ2n) is 6.45. The lowest BCUT2D eigenvalue weighted by atomic mass is 10.1. The van der Waals surface area contributed by atoms with Gasteiger partial charge >= 0.3 is 12.0 Å². The molecule has 8 heteroatoms. The number of halogens is 1. The molecule has 2 unspecified atom stereocenters. The van der Waals surface area contributed by atoms with E-state index in [1.165, 1.54) is 17.0 Å². The minimum atomic E-state index is -0.905. The zero-order valence-electron chi connectivity index (χ0n) is 13.7. The SMILES string of the molecule is O=C(O)C1CCN(C(=O)NC2CCN(Cc3ccc(F)cc3)C2=O)C1. The van der Waals surface area contributed by atoms with Gasteiger partial charge in [-0.1, -0.05) is 12.1 Å². The number of carboxylic acid groups (broad SMARTS) is 1. The number of rotatable bonds is 4. The van der Waals surface area contributed by atoms with Gasteiger partial charge in [0, 0.05) is 26.2 Å². The minimum absolute atomic E-state index is 0.168. The van der Waals surface area contributed by atoms with Crippen molar-refractivity contribution in [2.75, 3.05) is 19.6 Å². The summed E-state index contributed by atoms with van der Waals surface area (Å²) in [5, 5.41) is 11.7. The van der Waals surface area contributed by atoms with Gasteiger partial charge in [0.05, 0.1) is 5.92 Å². The zero-order chi connectivity index (χ0) is 18.0. The number of likely N-dealkylation sites (tertiary alicyclic amines) is 2. The molecule has 0 spiro atoms. The second-order valence-corrected chi connectivity index (χ2v) is 6.45. The molecule has 1 aromatic carbocycles. The van der Waals surface area contributed by atoms with E-state index in [-0.39, 0.29) is 18.3 Å². The Kier molecular flexibility index (Phi) is 4.87. The van der Waals surface area contributed by atoms with E-state index < -0.39 is 24.0 Å². The maximum atomic E-state index is 12.9. The van der Waals surface area contributed by atoms with E-state index in [9.17, 15) is 18.8 Å². The molecule has 0 aliphatic carbocycles. The number of hydrogen-bond donors (Lipinski definition) is 2. The molecule has 2 fully saturated rings. The molecule has 2 aliphatic rings. The summed E-state index contributed by atoms with van der Waals surface area (Å²) in [6, 6.07) is 4.96. The molecule has 2 atom stereocenters. The van der Waals surface area contributed by atoms with Gasteiger partial charge in [0.1, 0.15) is 11.9 Å². The average Bonchev–Trinajstić information content (AvgIpc) is 3.19. The van der Waals surface area contributed by atoms with E-state index in [1.54, 1.807) is 17.0 Å². The van der Waals surface area contributed by atoms with Crippen molar-refractivity contribution in [2.45, 2.75) is 25.4 Å². The number of urea groups is 1. The number of benzene rings is 1. The molecule has 0 bridgehead atoms. The summed E-state index contributed by atoms with van der Waals surface area (Å²) in [5.74, 6) is -1.95. The molecule has 3 amide bonds. The molecular weight excluding hydrogens is 329 g/mol. The van der Waals surface area contributed by atoms with Crippen LogP contribution >= 0.6 is 0 Å². The monoisotopic (exact) mass is 349 g/mol. The highest BCUT2D eigenvalue weighted by molar-refractivity contribution is 5.89. The van der Waals surface area contributed by atoms with Gasteiger partial charge in [-0.3, -0.25) is 9.59 Å². The molecule has 1 aromatic rings. The first-order valence-electron chi connectivity index (χ1n) is 8.25. The summed E-state index contributed by atoms with van der Waals surface area (Å²) < 4.78 is 12.9. The summed E-state index contributed by atoms with van der Waals surface area (Å²) in [7, 11) is 0. The molecule has 7 nitrogen and oxygen atoms in total. The van der Waals surface area contributed by atoms with E-state index in [0.29, 0.717) is 32.5 Å². The van der Waals surface area contributed by atoms with Gasteiger partial charge in [-0.05, 0) is 30.5 Å². The molecule has 2 heterocycles. The Morgan fingerprint density at radius 3 is 2.56 bits per heavy atom. The molecule has 2 saturated heterocycles. The van der Waals surface area contributed by atoms with Crippen LogP contribution in [0.2, 0.25) is 0 Å². The van der Waals surface area contributed by atoms with Crippen LogP contribution in [0.1, 0.15) is 18.4 Å². The number of amides is 3. The molecule has 2 N–H and O–H groups in total. The molecular formula is C17H20FN3O4. The second kappa shape index (κ2) is 7.08. The normalized spacial score (nSPS) is 23.2. The number of nitrogens with one attached hydrogen (secondary N) is 1. The van der Waals surface area contributed by atoms with Gasteiger partial charge in [0.25, 0.3) is 0 Å². The summed E-state index contributed by atoms with van der Waals surface area (Å²) in [6.45, 7) is 1.43. The predicted molar refractivity (Wildman–Crippen MR) is 86.1 cm³/mol. The maximum absolute atomic E-state index is 12.9. The largest absolute Gasteiger partial charge is 0.481 e. The van der Waals surface area contributed by atoms with Crippen molar-refractivity contribution in [2.24, 2.45) is 5.92 Å². The number of nitrogens with zero attached hydrogens (tertiary/aromatic N) is 2. The third-order valence-electron chi connectivity index (χ3n) is 4.71. The number of carbonyl (C=O) groups excluding carboxylic acids is 2. The fourth-order valence-corrected chi connectivity index (χ4v) is 3.23. The fraction of sp³-hybridized carbons (Fsp3) is 0.471. The number of aliphatic carboxylic acids is 1. The van der Waals surface area contributed by atoms with Gasteiger partial charge in [0.2, 0.25) is 5.91 Å². The van der Waals surface area contributed by atoms with Crippen LogP contribution in [0.5, 0.6) is 0 Å². The summed E-state index contributed by atoms with van der Waals surface area (Å²) in [5.41, 5.74) is 0.825. The third-order valence-corrected chi connectivity index (χ3v) is 4.71. The Morgan fingerprint density at radius 2 is 1.92 bits per heavy atom. The predicted octanol–water partition coefficient (Wildman–Crippen LogP) is 1.04. The van der Waals surface area contributed by atoms with E-state index in [4.69, 9.17) is 5.11 Å². The standard InChI is InChI=1S/C17H20FN3O4/c18-13-3-1-11(2-4-13)9-20-8-6-14(15(20)22)19-17(25)21-7-5-12(10-21)16(23)24/h1-4,12,14H,5-10H2,(H,19,25)(H,23,24). The molecule has 134 valence electrons. The van der Waals surface area contributed by atoms with Crippen molar-refractivity contribution in [1.29, 1.82) is 0 Å². The smallest absolute Gasteiger partial charge is 0.318 e. The van der Waals surface area contributed by atoms with Crippen LogP contribution in [-0.2, 0) is 16.1 Å². The van der Waals surface area contributed by atoms with Gasteiger partial charge in [-0.2, -0.15) is 0 Å². The van der Waals surface area contributed by atoms with Crippen LogP contribution in [0, 0.1) is 11.7 Å². The average molecular weight is 349 g/mol. The quantitative estimate of drug-likeness (QED) is 0.850. The van der Waals surface area contributed by atoms with Gasteiger partial charge < -0.3 is 20.2 Å². The van der Waals surface area contributed by atoms with Crippen LogP contribution < -0.4 is 5.32 Å². The Hall–Kier alpha value is -2.64. The third kappa shape index (κ3) is 3.89. The summed E-state index contributed by atoms with van der Waals surface area (Å²) >= 11 is 0. The molecule has 3 rings (SSSR count). The van der Waals surface area contributed by atoms with Crippen molar-refractivity contribution in [3.63, 3.8) is 0 Å². The maximum Gasteiger partial charge on any atom is 0.318 e. The van der Waals surface area contributed by atoms with Gasteiger partial charge in [0.15, 0.2) is 0 Å². The Bertz CT molecular complexity index is 679. The van der Waals surface area contributed by atoms with Crippen LogP contribution in [0.4, 0.5) is 9.18 Å². The van der Waals surface area contributed by atoms with E-state index in [0.717, 1.165) is 5.56 Å². The van der Waals surface area contributed by atoms with Crippen LogP contribution in [0.25, 0.3) is 0 Å². The Morgan fingerprint density at radius 1 is 1.20 bits per heavy atom. The molecule has 0 aromatic heterocycles. The lowest BCUT2D eigenvalue weighted by molar-refractivity contribution is -0.141. The van der Waals surface area contributed by atoms with Crippen LogP contribution in [0.15, 0.2) is 24.3 Å². The number of carboxylic acids is 1. The highest BCUT2D eigenvalue weighted by Gasteiger charge is 2.36. The van der Waals surface area contributed by atoms with Crippen molar-refractivity contribution < 1.29 is 23.9 Å². The first kappa shape index (κ1) is 17.2. The number of carbonyl (C=O) groups is 3. The van der Waals surface area contributed by atoms with Gasteiger partial charge in [-0.25, -0.2) is 9.18 Å². The van der Waals surface area contributed by atoms with Crippen molar-refractivity contribution in [3.05, 3.63) is 35.6 Å². The van der Waals surface area contributed by atoms with Crippen molar-refractivity contribution in [3.8, 4) is 0 Å². The molecule has 0 radical (unpaired) electrons. The first-order valence-corrected chi connectivity index (χ1v) is 8.25. The molecule has 25 heavy (non-hydrogen) atoms. The molecule has 2 aliphatic heterocycles. The van der Waals surface area contributed by atoms with E-state index >= 15 is 0 Å². The number of hydrogen-bond acceptors (Lipinski definition) is 3. The van der Waals surface area contributed by atoms with Crippen LogP contribution in [-0.4, -0.2) is 58.5 Å². The first-order chi connectivity index (χ1) is 11.9. The summed E-state index contributed by atoms with van der Waals surface area (Å²) in [6.07, 6.45) is 0.931. The van der Waals surface area contributed by atoms with E-state index in [2.05, 4.69) is 5.32 Å². The highest BCUT2D eigenvalue weighted by Crippen LogP contribution is 2.19. The Labute approximate surface area is 144 Å². The zero-order valence-corrected chi connectivity index (χ0v) is 13.7.